The molecule has 2 aromatic carbocycles. The minimum absolute atomic E-state index is 0.135. The van der Waals surface area contributed by atoms with Crippen molar-refractivity contribution in [1.29, 1.82) is 0 Å². The van der Waals surface area contributed by atoms with E-state index in [0.29, 0.717) is 11.6 Å². The van der Waals surface area contributed by atoms with Gasteiger partial charge in [-0.05, 0) is 42.0 Å². The highest BCUT2D eigenvalue weighted by Crippen LogP contribution is 2.14. The summed E-state index contributed by atoms with van der Waals surface area (Å²) in [6, 6.07) is 19.8. The summed E-state index contributed by atoms with van der Waals surface area (Å²) in [5, 5.41) is 0.613. The van der Waals surface area contributed by atoms with Gasteiger partial charge in [-0.15, -0.1) is 0 Å². The lowest BCUT2D eigenvalue weighted by atomic mass is 10.2. The second-order valence-electron chi connectivity index (χ2n) is 5.68. The molecule has 0 radical (unpaired) electrons. The van der Waals surface area contributed by atoms with Crippen molar-refractivity contribution in [3.63, 3.8) is 0 Å². The number of aromatic nitrogens is 1. The standard InChI is InChI=1S/C20H17ClN2O2/c1-22(17-9-3-2-4-10-17)19(24)18-11-6-12-23(20(18)25)14-15-7-5-8-16(21)13-15/h2-13H,14H2,1H3. The van der Waals surface area contributed by atoms with E-state index >= 15 is 0 Å². The van der Waals surface area contributed by atoms with E-state index in [1.54, 1.807) is 37.5 Å². The van der Waals surface area contributed by atoms with Crippen LogP contribution in [0.5, 0.6) is 0 Å². The maximum absolute atomic E-state index is 12.7. The maximum Gasteiger partial charge on any atom is 0.263 e. The molecule has 4 nitrogen and oxygen atoms in total. The number of amides is 1. The number of para-hydroxylation sites is 1. The van der Waals surface area contributed by atoms with Crippen LogP contribution in [0.3, 0.4) is 0 Å². The molecule has 3 aromatic rings. The van der Waals surface area contributed by atoms with Crippen LogP contribution in [0.25, 0.3) is 0 Å². The summed E-state index contributed by atoms with van der Waals surface area (Å²) in [6.45, 7) is 0.357. The quantitative estimate of drug-likeness (QED) is 0.716. The van der Waals surface area contributed by atoms with Crippen LogP contribution in [0, 0.1) is 0 Å². The van der Waals surface area contributed by atoms with Crippen LogP contribution in [0.1, 0.15) is 15.9 Å². The van der Waals surface area contributed by atoms with Gasteiger partial charge in [0.05, 0.1) is 6.54 Å². The maximum atomic E-state index is 12.7. The van der Waals surface area contributed by atoms with Crippen molar-refractivity contribution in [2.75, 3.05) is 11.9 Å². The van der Waals surface area contributed by atoms with Gasteiger partial charge in [-0.2, -0.15) is 0 Å². The van der Waals surface area contributed by atoms with Gasteiger partial charge >= 0.3 is 0 Å². The van der Waals surface area contributed by atoms with Crippen molar-refractivity contribution in [3.05, 3.63) is 99.4 Å². The number of hydrogen-bond donors (Lipinski definition) is 0. The number of rotatable bonds is 4. The average molecular weight is 353 g/mol. The van der Waals surface area contributed by atoms with Gasteiger partial charge in [-0.25, -0.2) is 0 Å². The predicted octanol–water partition coefficient (Wildman–Crippen LogP) is 3.83. The monoisotopic (exact) mass is 352 g/mol. The molecule has 0 saturated heterocycles. The zero-order chi connectivity index (χ0) is 17.8. The average Bonchev–Trinajstić information content (AvgIpc) is 2.63. The van der Waals surface area contributed by atoms with E-state index < -0.39 is 0 Å². The number of pyridine rings is 1. The fourth-order valence-electron chi connectivity index (χ4n) is 2.61. The van der Waals surface area contributed by atoms with Crippen LogP contribution in [0.2, 0.25) is 5.02 Å². The predicted molar refractivity (Wildman–Crippen MR) is 100 cm³/mol. The van der Waals surface area contributed by atoms with Gasteiger partial charge in [0.2, 0.25) is 0 Å². The van der Waals surface area contributed by atoms with E-state index in [0.717, 1.165) is 11.3 Å². The number of benzene rings is 2. The Hall–Kier alpha value is -2.85. The van der Waals surface area contributed by atoms with E-state index in [2.05, 4.69) is 0 Å². The van der Waals surface area contributed by atoms with Gasteiger partial charge in [-0.3, -0.25) is 9.59 Å². The molecule has 1 aromatic heterocycles. The Morgan fingerprint density at radius 3 is 2.52 bits per heavy atom. The van der Waals surface area contributed by atoms with Crippen LogP contribution in [-0.2, 0) is 6.54 Å². The van der Waals surface area contributed by atoms with Crippen LogP contribution in [0.4, 0.5) is 5.69 Å². The van der Waals surface area contributed by atoms with Crippen molar-refractivity contribution < 1.29 is 4.79 Å². The van der Waals surface area contributed by atoms with Crippen LogP contribution in [0.15, 0.2) is 77.7 Å². The highest BCUT2D eigenvalue weighted by atomic mass is 35.5. The van der Waals surface area contributed by atoms with Crippen molar-refractivity contribution in [2.24, 2.45) is 0 Å². The molecule has 1 amide bonds. The van der Waals surface area contributed by atoms with Crippen LogP contribution >= 0.6 is 11.6 Å². The number of halogens is 1. The Kier molecular flexibility index (Phi) is 5.00. The third-order valence-electron chi connectivity index (χ3n) is 3.94. The molecule has 0 saturated carbocycles. The van der Waals surface area contributed by atoms with Crippen molar-refractivity contribution in [1.82, 2.24) is 4.57 Å². The third-order valence-corrected chi connectivity index (χ3v) is 4.18. The minimum atomic E-state index is -0.336. The number of anilines is 1. The second kappa shape index (κ2) is 7.36. The van der Waals surface area contributed by atoms with Gasteiger partial charge in [0.1, 0.15) is 5.56 Å². The molecule has 1 heterocycles. The largest absolute Gasteiger partial charge is 0.311 e. The SMILES string of the molecule is CN(C(=O)c1cccn(Cc2cccc(Cl)c2)c1=O)c1ccccc1. The first-order valence-corrected chi connectivity index (χ1v) is 8.21. The molecule has 0 spiro atoms. The second-order valence-corrected chi connectivity index (χ2v) is 6.12. The van der Waals surface area contributed by atoms with Gasteiger partial charge in [0.25, 0.3) is 11.5 Å². The number of nitrogens with zero attached hydrogens (tertiary/aromatic N) is 2. The molecule has 0 atom stereocenters. The molecule has 126 valence electrons. The summed E-state index contributed by atoms with van der Waals surface area (Å²) in [6.07, 6.45) is 1.67. The summed E-state index contributed by atoms with van der Waals surface area (Å²) in [4.78, 5) is 26.9. The van der Waals surface area contributed by atoms with Gasteiger partial charge in [-0.1, -0.05) is 41.9 Å². The molecular formula is C20H17ClN2O2. The molecule has 0 aliphatic heterocycles. The first kappa shape index (κ1) is 17.0. The summed E-state index contributed by atoms with van der Waals surface area (Å²) in [5.74, 6) is -0.336. The van der Waals surface area contributed by atoms with Crippen molar-refractivity contribution >= 4 is 23.2 Å². The lowest BCUT2D eigenvalue weighted by Gasteiger charge is -2.17. The van der Waals surface area contributed by atoms with E-state index in [-0.39, 0.29) is 17.0 Å². The molecule has 0 bridgehead atoms. The molecule has 0 fully saturated rings. The van der Waals surface area contributed by atoms with Crippen molar-refractivity contribution in [3.8, 4) is 0 Å². The minimum Gasteiger partial charge on any atom is -0.311 e. The number of carbonyl (C=O) groups excluding carboxylic acids is 1. The highest BCUT2D eigenvalue weighted by Gasteiger charge is 2.17. The Bertz CT molecular complexity index is 951. The molecule has 3 rings (SSSR count). The van der Waals surface area contributed by atoms with Crippen LogP contribution < -0.4 is 10.5 Å². The molecule has 0 aliphatic carbocycles. The summed E-state index contributed by atoms with van der Waals surface area (Å²) >= 11 is 5.99. The fourth-order valence-corrected chi connectivity index (χ4v) is 2.82. The fraction of sp³-hybridized carbons (Fsp3) is 0.100. The number of hydrogen-bond acceptors (Lipinski definition) is 2. The zero-order valence-electron chi connectivity index (χ0n) is 13.7. The first-order valence-electron chi connectivity index (χ1n) is 7.83. The Labute approximate surface area is 150 Å². The van der Waals surface area contributed by atoms with E-state index in [9.17, 15) is 9.59 Å². The Morgan fingerprint density at radius 2 is 1.80 bits per heavy atom. The summed E-state index contributed by atoms with van der Waals surface area (Å²) in [5.41, 5.74) is 1.44. The van der Waals surface area contributed by atoms with E-state index in [1.807, 2.05) is 42.5 Å². The van der Waals surface area contributed by atoms with Crippen LogP contribution in [-0.4, -0.2) is 17.5 Å². The van der Waals surface area contributed by atoms with Crippen molar-refractivity contribution in [2.45, 2.75) is 6.54 Å². The van der Waals surface area contributed by atoms with Gasteiger partial charge < -0.3 is 9.47 Å². The molecule has 5 heteroatoms. The molecule has 0 N–H and O–H groups in total. The van der Waals surface area contributed by atoms with E-state index in [4.69, 9.17) is 11.6 Å². The normalized spacial score (nSPS) is 10.5. The zero-order valence-corrected chi connectivity index (χ0v) is 14.5. The van der Waals surface area contributed by atoms with Gasteiger partial charge in [0.15, 0.2) is 0 Å². The summed E-state index contributed by atoms with van der Waals surface area (Å²) < 4.78 is 1.51. The topological polar surface area (TPSA) is 42.3 Å². The molecule has 0 aliphatic rings. The first-order chi connectivity index (χ1) is 12.1. The van der Waals surface area contributed by atoms with Gasteiger partial charge in [0, 0.05) is 24.0 Å². The lowest BCUT2D eigenvalue weighted by molar-refractivity contribution is 0.0991. The molecule has 25 heavy (non-hydrogen) atoms. The smallest absolute Gasteiger partial charge is 0.263 e. The Morgan fingerprint density at radius 1 is 1.04 bits per heavy atom. The van der Waals surface area contributed by atoms with E-state index in [1.165, 1.54) is 9.47 Å². The Balaban J connectivity index is 1.91. The number of carbonyl (C=O) groups is 1. The highest BCUT2D eigenvalue weighted by molar-refractivity contribution is 6.30. The summed E-state index contributed by atoms with van der Waals surface area (Å²) in [7, 11) is 1.66. The molecule has 0 unspecified atom stereocenters. The lowest BCUT2D eigenvalue weighted by Crippen LogP contribution is -2.34. The third kappa shape index (κ3) is 3.80. The molecular weight excluding hydrogens is 336 g/mol.